The van der Waals surface area contributed by atoms with E-state index in [1.165, 1.54) is 33.2 Å². The fourth-order valence-corrected chi connectivity index (χ4v) is 2.36. The Balaban J connectivity index is 2.17. The highest BCUT2D eigenvalue weighted by Crippen LogP contribution is 2.29. The Morgan fingerprint density at radius 1 is 1.29 bits per heavy atom. The molecule has 0 atom stereocenters. The molecule has 7 nitrogen and oxygen atoms in total. The number of carbonyl (C=O) groups is 1. The van der Waals surface area contributed by atoms with E-state index in [9.17, 15) is 9.18 Å². The first-order chi connectivity index (χ1) is 11.3. The summed E-state index contributed by atoms with van der Waals surface area (Å²) in [5, 5.41) is 7.83. The van der Waals surface area contributed by atoms with E-state index in [4.69, 9.17) is 0 Å². The summed E-state index contributed by atoms with van der Waals surface area (Å²) in [6.07, 6.45) is 4.56. The van der Waals surface area contributed by atoms with Crippen molar-refractivity contribution in [1.82, 2.24) is 24.7 Å². The number of nitrogens with zero attached hydrogens (tertiary/aromatic N) is 5. The molecule has 3 heterocycles. The lowest BCUT2D eigenvalue weighted by molar-refractivity contribution is -0.114. The molecule has 1 amide bonds. The molecule has 0 saturated carbocycles. The lowest BCUT2D eigenvalue weighted by Gasteiger charge is -2.13. The van der Waals surface area contributed by atoms with Gasteiger partial charge in [0.2, 0.25) is 5.91 Å². The number of fused-ring (bicyclic) bond motifs is 1. The van der Waals surface area contributed by atoms with Gasteiger partial charge < -0.3 is 5.32 Å². The Morgan fingerprint density at radius 2 is 2.04 bits per heavy atom. The van der Waals surface area contributed by atoms with Gasteiger partial charge in [-0.1, -0.05) is 0 Å². The molecule has 8 heteroatoms. The standard InChI is InChI=1S/C16H17FN6O/c1-9(24)20-14-5-10-12(7-19-14)23(4)22-15(10)11-6-18-8-13(21-11)16(2,3)17/h5-8H,1-4H3,(H,19,20,24). The first-order valence-electron chi connectivity index (χ1n) is 7.38. The molecule has 0 aromatic carbocycles. The van der Waals surface area contributed by atoms with Crippen molar-refractivity contribution in [3.05, 3.63) is 30.4 Å². The number of aromatic nitrogens is 5. The number of nitrogens with one attached hydrogen (secondary N) is 1. The number of hydrogen-bond donors (Lipinski definition) is 1. The second-order valence-electron chi connectivity index (χ2n) is 6.00. The minimum absolute atomic E-state index is 0.215. The minimum Gasteiger partial charge on any atom is -0.311 e. The van der Waals surface area contributed by atoms with Crippen molar-refractivity contribution >= 4 is 22.6 Å². The molecule has 24 heavy (non-hydrogen) atoms. The average Bonchev–Trinajstić information content (AvgIpc) is 2.83. The molecule has 0 aliphatic rings. The molecule has 1 N–H and O–H groups in total. The van der Waals surface area contributed by atoms with Crippen molar-refractivity contribution in [1.29, 1.82) is 0 Å². The fraction of sp³-hybridized carbons (Fsp3) is 0.312. The van der Waals surface area contributed by atoms with E-state index < -0.39 is 5.67 Å². The normalized spacial score (nSPS) is 11.7. The van der Waals surface area contributed by atoms with Crippen LogP contribution < -0.4 is 5.32 Å². The molecule has 0 saturated heterocycles. The summed E-state index contributed by atoms with van der Waals surface area (Å²) < 4.78 is 15.8. The number of anilines is 1. The average molecular weight is 328 g/mol. The van der Waals surface area contributed by atoms with Gasteiger partial charge in [0.25, 0.3) is 0 Å². The van der Waals surface area contributed by atoms with Crippen LogP contribution in [0.4, 0.5) is 10.2 Å². The van der Waals surface area contributed by atoms with E-state index in [0.29, 0.717) is 17.2 Å². The summed E-state index contributed by atoms with van der Waals surface area (Å²) in [5.74, 6) is 0.201. The van der Waals surface area contributed by atoms with Crippen LogP contribution in [-0.2, 0) is 17.5 Å². The third-order valence-corrected chi connectivity index (χ3v) is 3.53. The molecule has 3 aromatic heterocycles. The third kappa shape index (κ3) is 2.94. The third-order valence-electron chi connectivity index (χ3n) is 3.53. The maximum atomic E-state index is 14.2. The second-order valence-corrected chi connectivity index (χ2v) is 6.00. The first-order valence-corrected chi connectivity index (χ1v) is 7.38. The molecule has 124 valence electrons. The van der Waals surface area contributed by atoms with Crippen LogP contribution in [0.25, 0.3) is 22.3 Å². The molecule has 0 unspecified atom stereocenters. The van der Waals surface area contributed by atoms with Crippen LogP contribution >= 0.6 is 0 Å². The van der Waals surface area contributed by atoms with Crippen LogP contribution in [0.5, 0.6) is 0 Å². The largest absolute Gasteiger partial charge is 0.311 e. The van der Waals surface area contributed by atoms with Gasteiger partial charge in [0.1, 0.15) is 22.9 Å². The number of carbonyl (C=O) groups excluding carboxylic acids is 1. The molecule has 3 aromatic rings. The number of pyridine rings is 1. The Bertz CT molecular complexity index is 928. The SMILES string of the molecule is CC(=O)Nc1cc2c(-c3cncc(C(C)(C)F)n3)nn(C)c2cn1. The Kier molecular flexibility index (Phi) is 3.75. The van der Waals surface area contributed by atoms with Gasteiger partial charge >= 0.3 is 0 Å². The van der Waals surface area contributed by atoms with Gasteiger partial charge in [-0.25, -0.2) is 14.4 Å². The number of aryl methyl sites for hydroxylation is 1. The van der Waals surface area contributed by atoms with E-state index in [2.05, 4.69) is 25.4 Å². The van der Waals surface area contributed by atoms with Crippen molar-refractivity contribution in [2.75, 3.05) is 5.32 Å². The quantitative estimate of drug-likeness (QED) is 0.798. The molecule has 0 bridgehead atoms. The molecule has 3 rings (SSSR count). The number of rotatable bonds is 3. The van der Waals surface area contributed by atoms with Crippen molar-refractivity contribution in [2.24, 2.45) is 7.05 Å². The maximum absolute atomic E-state index is 14.2. The van der Waals surface area contributed by atoms with Crippen molar-refractivity contribution in [3.8, 4) is 11.4 Å². The summed E-state index contributed by atoms with van der Waals surface area (Å²) >= 11 is 0. The number of hydrogen-bond acceptors (Lipinski definition) is 5. The van der Waals surface area contributed by atoms with Gasteiger partial charge in [-0.05, 0) is 19.9 Å². The Labute approximate surface area is 138 Å². The van der Waals surface area contributed by atoms with Gasteiger partial charge in [-0.15, -0.1) is 0 Å². The minimum atomic E-state index is -1.60. The van der Waals surface area contributed by atoms with Crippen LogP contribution in [0.3, 0.4) is 0 Å². The van der Waals surface area contributed by atoms with Crippen molar-refractivity contribution in [3.63, 3.8) is 0 Å². The fourth-order valence-electron chi connectivity index (χ4n) is 2.36. The highest BCUT2D eigenvalue weighted by molar-refractivity contribution is 5.96. The molecule has 0 aliphatic carbocycles. The highest BCUT2D eigenvalue weighted by atomic mass is 19.1. The van der Waals surface area contributed by atoms with E-state index in [1.54, 1.807) is 24.0 Å². The van der Waals surface area contributed by atoms with E-state index in [0.717, 1.165) is 10.9 Å². The van der Waals surface area contributed by atoms with E-state index in [1.807, 2.05) is 0 Å². The molecule has 0 fully saturated rings. The number of halogens is 1. The molecule has 0 radical (unpaired) electrons. The predicted molar refractivity (Wildman–Crippen MR) is 88.0 cm³/mol. The van der Waals surface area contributed by atoms with E-state index in [-0.39, 0.29) is 11.6 Å². The Morgan fingerprint density at radius 3 is 2.71 bits per heavy atom. The summed E-state index contributed by atoms with van der Waals surface area (Å²) in [7, 11) is 1.78. The van der Waals surface area contributed by atoms with Crippen LogP contribution in [0.2, 0.25) is 0 Å². The maximum Gasteiger partial charge on any atom is 0.222 e. The summed E-state index contributed by atoms with van der Waals surface area (Å²) in [5.41, 5.74) is 0.418. The lowest BCUT2D eigenvalue weighted by Crippen LogP contribution is -2.12. The van der Waals surface area contributed by atoms with Crippen molar-refractivity contribution < 1.29 is 9.18 Å². The molecular formula is C16H17FN6O. The summed E-state index contributed by atoms with van der Waals surface area (Å²) in [6, 6.07) is 1.72. The van der Waals surface area contributed by atoms with Crippen molar-refractivity contribution in [2.45, 2.75) is 26.4 Å². The Hall–Kier alpha value is -2.90. The zero-order chi connectivity index (χ0) is 17.5. The van der Waals surface area contributed by atoms with Gasteiger partial charge in [-0.2, -0.15) is 5.10 Å². The molecular weight excluding hydrogens is 311 g/mol. The number of amides is 1. The van der Waals surface area contributed by atoms with Gasteiger partial charge in [0.15, 0.2) is 0 Å². The first kappa shape index (κ1) is 16.0. The monoisotopic (exact) mass is 328 g/mol. The van der Waals surface area contributed by atoms with Gasteiger partial charge in [-0.3, -0.25) is 14.5 Å². The molecule has 0 spiro atoms. The van der Waals surface area contributed by atoms with Crippen LogP contribution in [-0.4, -0.2) is 30.6 Å². The van der Waals surface area contributed by atoms with Gasteiger partial charge in [0, 0.05) is 19.4 Å². The summed E-state index contributed by atoms with van der Waals surface area (Å²) in [4.78, 5) is 23.8. The second kappa shape index (κ2) is 5.63. The van der Waals surface area contributed by atoms with Crippen LogP contribution in [0, 0.1) is 0 Å². The van der Waals surface area contributed by atoms with Gasteiger partial charge in [0.05, 0.1) is 29.8 Å². The summed E-state index contributed by atoms with van der Waals surface area (Å²) in [6.45, 7) is 4.26. The topological polar surface area (TPSA) is 85.6 Å². The highest BCUT2D eigenvalue weighted by Gasteiger charge is 2.23. The number of alkyl halides is 1. The zero-order valence-corrected chi connectivity index (χ0v) is 13.8. The zero-order valence-electron chi connectivity index (χ0n) is 13.8. The lowest BCUT2D eigenvalue weighted by atomic mass is 10.1. The van der Waals surface area contributed by atoms with E-state index >= 15 is 0 Å². The smallest absolute Gasteiger partial charge is 0.222 e. The predicted octanol–water partition coefficient (Wildman–Crippen LogP) is 2.59. The van der Waals surface area contributed by atoms with Crippen LogP contribution in [0.15, 0.2) is 24.7 Å². The van der Waals surface area contributed by atoms with Crippen LogP contribution in [0.1, 0.15) is 26.5 Å². The molecule has 0 aliphatic heterocycles.